The first-order chi connectivity index (χ1) is 38.7. The minimum Gasteiger partial charge on any atom is -0.439 e. The summed E-state index contributed by atoms with van der Waals surface area (Å²) in [6.45, 7) is 14.3. The van der Waals surface area contributed by atoms with Crippen LogP contribution in [0.3, 0.4) is 0 Å². The summed E-state index contributed by atoms with van der Waals surface area (Å²) in [6.07, 6.45) is 5.62. The fourth-order valence-corrected chi connectivity index (χ4v) is 13.7. The van der Waals surface area contributed by atoms with E-state index in [1.54, 1.807) is 30.0 Å². The van der Waals surface area contributed by atoms with Crippen molar-refractivity contribution in [2.75, 3.05) is 99.5 Å². The normalized spacial score (nSPS) is 17.2. The number of rotatable bonds is 24. The number of halogens is 4. The Balaban J connectivity index is 0.774. The van der Waals surface area contributed by atoms with Gasteiger partial charge in [0, 0.05) is 105 Å². The van der Waals surface area contributed by atoms with Crippen molar-refractivity contribution < 1.29 is 31.2 Å². The lowest BCUT2D eigenvalue weighted by molar-refractivity contribution is -0.0384. The predicted molar refractivity (Wildman–Crippen MR) is 324 cm³/mol. The third kappa shape index (κ3) is 17.5. The quantitative estimate of drug-likeness (QED) is 0.0307. The van der Waals surface area contributed by atoms with Crippen molar-refractivity contribution in [1.29, 1.82) is 0 Å². The van der Waals surface area contributed by atoms with Crippen LogP contribution in [0.25, 0.3) is 5.57 Å². The largest absolute Gasteiger partial charge is 0.475 e. The number of piperazine rings is 2. The molecule has 2 heterocycles. The average molecular weight is 1170 g/mol. The molecule has 0 bridgehead atoms. The second-order valence-corrected chi connectivity index (χ2v) is 25.8. The van der Waals surface area contributed by atoms with E-state index >= 15 is 0 Å². The predicted octanol–water partition coefficient (Wildman–Crippen LogP) is 14.0. The van der Waals surface area contributed by atoms with E-state index in [1.807, 2.05) is 115 Å². The molecule has 6 aromatic rings. The molecule has 0 saturated carbocycles. The average Bonchev–Trinajstić information content (AvgIpc) is 3.47. The molecular formula is C62H72ClF3N7O4PS2. The number of carbonyl (C=O) groups excluding carboxylic acids is 1. The number of anilines is 3. The van der Waals surface area contributed by atoms with Crippen LogP contribution >= 0.6 is 31.7 Å². The fourth-order valence-electron chi connectivity index (χ4n) is 10.5. The van der Waals surface area contributed by atoms with Crippen LogP contribution in [-0.4, -0.2) is 120 Å². The number of alkyl halides is 3. The van der Waals surface area contributed by atoms with Gasteiger partial charge in [-0.3, -0.25) is 20.5 Å². The van der Waals surface area contributed by atoms with Crippen LogP contribution in [-0.2, 0) is 10.8 Å². The third-order valence-corrected chi connectivity index (χ3v) is 19.0. The highest BCUT2D eigenvalue weighted by atomic mass is 35.5. The number of nitrogens with one attached hydrogen (secondary N) is 3. The summed E-state index contributed by atoms with van der Waals surface area (Å²) < 4.78 is 68.9. The Morgan fingerprint density at radius 1 is 0.750 bits per heavy atom. The smallest absolute Gasteiger partial charge is 0.439 e. The van der Waals surface area contributed by atoms with Crippen molar-refractivity contribution in [2.24, 2.45) is 5.41 Å². The van der Waals surface area contributed by atoms with Crippen molar-refractivity contribution in [3.05, 3.63) is 179 Å². The van der Waals surface area contributed by atoms with E-state index in [0.29, 0.717) is 17.7 Å². The Bertz CT molecular complexity index is 2930. The first-order valence-corrected chi connectivity index (χ1v) is 31.4. The summed E-state index contributed by atoms with van der Waals surface area (Å²) in [6, 6.07) is 49.0. The molecule has 2 saturated heterocycles. The summed E-state index contributed by atoms with van der Waals surface area (Å²) >= 11 is 7.85. The fraction of sp³-hybridized carbons (Fsp3) is 0.371. The zero-order valence-corrected chi connectivity index (χ0v) is 48.8. The molecule has 9 rings (SSSR count). The van der Waals surface area contributed by atoms with Gasteiger partial charge < -0.3 is 29.1 Å². The summed E-state index contributed by atoms with van der Waals surface area (Å²) in [4.78, 5) is 23.8. The topological polar surface area (TPSA) is 102 Å². The number of amides is 1. The van der Waals surface area contributed by atoms with Crippen LogP contribution in [0.4, 0.5) is 30.2 Å². The molecule has 0 radical (unpaired) electrons. The Morgan fingerprint density at radius 2 is 1.35 bits per heavy atom. The van der Waals surface area contributed by atoms with Crippen LogP contribution in [0.1, 0.15) is 61.9 Å². The van der Waals surface area contributed by atoms with Gasteiger partial charge in [0.2, 0.25) is 0 Å². The highest BCUT2D eigenvalue weighted by Gasteiger charge is 2.40. The molecule has 2 aliphatic heterocycles. The minimum absolute atomic E-state index is 0.127. The van der Waals surface area contributed by atoms with E-state index in [2.05, 4.69) is 61.7 Å². The SMILES string of the molecule is CC1(C)CCC(c2ccc(Cl)cc2)=C(CN2CCN(c3ccc(C(=O)NNc4ccc(NC(CCN5CCN(CCCP(Oc6ccccc6)Oc6ccccc6)CC5)CSc5ccccc5)c(S(=O)C(F)(F)F)c4)cc3)CC2)C1. The number of hydrogen-bond acceptors (Lipinski definition) is 11. The molecule has 2 atom stereocenters. The Hall–Kier alpha value is -5.58. The van der Waals surface area contributed by atoms with Gasteiger partial charge in [0.05, 0.1) is 16.3 Å². The van der Waals surface area contributed by atoms with Crippen LogP contribution in [0, 0.1) is 5.41 Å². The number of nitrogens with zero attached hydrogens (tertiary/aromatic N) is 4. The zero-order valence-electron chi connectivity index (χ0n) is 45.5. The van der Waals surface area contributed by atoms with Crippen LogP contribution in [0.2, 0.25) is 5.02 Å². The summed E-state index contributed by atoms with van der Waals surface area (Å²) in [7, 11) is -4.56. The van der Waals surface area contributed by atoms with Crippen molar-refractivity contribution >= 4 is 71.1 Å². The minimum atomic E-state index is -5.02. The number of hydrogen-bond donors (Lipinski definition) is 3. The molecule has 6 aromatic carbocycles. The molecule has 2 fully saturated rings. The maximum atomic E-state index is 14.3. The number of para-hydroxylation sites is 2. The molecule has 3 aliphatic rings. The van der Waals surface area contributed by atoms with Crippen LogP contribution in [0.5, 0.6) is 11.5 Å². The molecule has 2 unspecified atom stereocenters. The third-order valence-electron chi connectivity index (χ3n) is 14.9. The van der Waals surface area contributed by atoms with E-state index in [4.69, 9.17) is 20.6 Å². The maximum Gasteiger partial charge on any atom is 0.475 e. The highest BCUT2D eigenvalue weighted by Crippen LogP contribution is 2.44. The van der Waals surface area contributed by atoms with Gasteiger partial charge in [-0.15, -0.1) is 11.8 Å². The monoisotopic (exact) mass is 1170 g/mol. The molecule has 0 spiro atoms. The van der Waals surface area contributed by atoms with Crippen LogP contribution in [0.15, 0.2) is 173 Å². The number of thioether (sulfide) groups is 1. The summed E-state index contributed by atoms with van der Waals surface area (Å²) in [5.74, 6) is 1.68. The van der Waals surface area contributed by atoms with Crippen molar-refractivity contribution in [2.45, 2.75) is 67.3 Å². The molecule has 3 N–H and O–H groups in total. The lowest BCUT2D eigenvalue weighted by Gasteiger charge is -2.39. The van der Waals surface area contributed by atoms with E-state index in [0.717, 1.165) is 131 Å². The lowest BCUT2D eigenvalue weighted by Crippen LogP contribution is -2.47. The highest BCUT2D eigenvalue weighted by molar-refractivity contribution is 7.99. The van der Waals surface area contributed by atoms with E-state index in [-0.39, 0.29) is 22.8 Å². The number of allylic oxidation sites excluding steroid dienone is 1. The number of carbonyl (C=O) groups is 1. The van der Waals surface area contributed by atoms with Gasteiger partial charge in [-0.25, -0.2) is 4.21 Å². The van der Waals surface area contributed by atoms with E-state index < -0.39 is 35.5 Å². The molecule has 11 nitrogen and oxygen atoms in total. The van der Waals surface area contributed by atoms with Gasteiger partial charge in [0.1, 0.15) is 11.5 Å². The van der Waals surface area contributed by atoms with Gasteiger partial charge in [-0.2, -0.15) is 13.2 Å². The zero-order chi connectivity index (χ0) is 55.9. The molecule has 424 valence electrons. The van der Waals surface area contributed by atoms with Crippen molar-refractivity contribution in [3.8, 4) is 11.5 Å². The standard InChI is InChI=1S/C62H72ClF3N7O4PS2/c1-61(2)31-29-57(47-19-23-50(63)24-20-47)49(44-61)45-72-38-40-73(41-39-72)53-26-21-48(22-27-53)60(74)69-68-51-25-28-58(59(43-51)80(75)62(64,65)66)67-52(46-79-56-17-10-5-11-18-56)30-33-71-36-34-70(35-37-71)32-12-42-78(76-54-13-6-3-7-14-54)77-55-15-8-4-9-16-55/h3-11,13-28,43,52,67-68H,12,29-42,44-46H2,1-2H3,(H,69,74). The molecule has 80 heavy (non-hydrogen) atoms. The molecule has 18 heteroatoms. The Morgan fingerprint density at radius 3 is 1.98 bits per heavy atom. The van der Waals surface area contributed by atoms with Crippen molar-refractivity contribution in [3.63, 3.8) is 0 Å². The first-order valence-electron chi connectivity index (χ1n) is 27.6. The van der Waals surface area contributed by atoms with Crippen molar-refractivity contribution in [1.82, 2.24) is 20.1 Å². The van der Waals surface area contributed by atoms with Gasteiger partial charge in [0.15, 0.2) is 10.8 Å². The number of benzene rings is 6. The Kier molecular flexibility index (Phi) is 21.0. The molecule has 1 aliphatic carbocycles. The second-order valence-electron chi connectivity index (χ2n) is 21.4. The van der Waals surface area contributed by atoms with E-state index in [9.17, 15) is 22.2 Å². The number of hydrazine groups is 1. The van der Waals surface area contributed by atoms with Crippen LogP contribution < -0.4 is 30.1 Å². The van der Waals surface area contributed by atoms with E-state index in [1.165, 1.54) is 28.8 Å². The van der Waals surface area contributed by atoms with Gasteiger partial charge in [0.25, 0.3) is 14.3 Å². The summed E-state index contributed by atoms with van der Waals surface area (Å²) in [5.41, 5.74) is 6.56. The lowest BCUT2D eigenvalue weighted by atomic mass is 9.73. The molecular weight excluding hydrogens is 1090 g/mol. The maximum absolute atomic E-state index is 14.3. The first kappa shape index (κ1) is 59.1. The molecule has 0 aromatic heterocycles. The van der Waals surface area contributed by atoms with Gasteiger partial charge in [-0.1, -0.05) is 97.8 Å². The second kappa shape index (κ2) is 28.4. The molecule has 1 amide bonds. The van der Waals surface area contributed by atoms with Gasteiger partial charge >= 0.3 is 5.51 Å². The van der Waals surface area contributed by atoms with Gasteiger partial charge in [-0.05, 0) is 146 Å². The summed E-state index contributed by atoms with van der Waals surface area (Å²) in [5, 5.41) is 4.12. The Labute approximate surface area is 483 Å².